The average molecular weight is 244 g/mol. The van der Waals surface area contributed by atoms with Crippen LogP contribution in [0.15, 0.2) is 36.5 Å². The number of benzene rings is 1. The summed E-state index contributed by atoms with van der Waals surface area (Å²) < 4.78 is 10.5. The quantitative estimate of drug-likeness (QED) is 0.896. The minimum Gasteiger partial charge on any atom is -0.493 e. The SMILES string of the molecule is COc1ccc(Cc2cccnc2N)cc1OC. The van der Waals surface area contributed by atoms with Crippen molar-refractivity contribution in [1.29, 1.82) is 0 Å². The van der Waals surface area contributed by atoms with Gasteiger partial charge in [-0.1, -0.05) is 12.1 Å². The standard InChI is InChI=1S/C14H16N2O2/c1-17-12-6-5-10(9-13(12)18-2)8-11-4-3-7-16-14(11)15/h3-7,9H,8H2,1-2H3,(H2,15,16). The molecule has 4 nitrogen and oxygen atoms in total. The second-order valence-electron chi connectivity index (χ2n) is 3.91. The van der Waals surface area contributed by atoms with E-state index in [0.717, 1.165) is 29.0 Å². The van der Waals surface area contributed by atoms with Crippen molar-refractivity contribution in [3.63, 3.8) is 0 Å². The molecule has 0 amide bonds. The summed E-state index contributed by atoms with van der Waals surface area (Å²) in [7, 11) is 3.25. The molecule has 0 unspecified atom stereocenters. The molecule has 0 bridgehead atoms. The summed E-state index contributed by atoms with van der Waals surface area (Å²) in [6.07, 6.45) is 2.41. The predicted octanol–water partition coefficient (Wildman–Crippen LogP) is 2.27. The number of rotatable bonds is 4. The monoisotopic (exact) mass is 244 g/mol. The number of nitrogen functional groups attached to an aromatic ring is 1. The molecule has 0 aliphatic carbocycles. The van der Waals surface area contributed by atoms with Gasteiger partial charge in [-0.3, -0.25) is 0 Å². The van der Waals surface area contributed by atoms with Gasteiger partial charge in [0.1, 0.15) is 5.82 Å². The lowest BCUT2D eigenvalue weighted by Crippen LogP contribution is -1.99. The molecule has 0 aliphatic rings. The zero-order valence-electron chi connectivity index (χ0n) is 10.5. The van der Waals surface area contributed by atoms with Gasteiger partial charge in [0.05, 0.1) is 14.2 Å². The van der Waals surface area contributed by atoms with E-state index in [4.69, 9.17) is 15.2 Å². The van der Waals surface area contributed by atoms with Gasteiger partial charge in [0.15, 0.2) is 11.5 Å². The van der Waals surface area contributed by atoms with Gasteiger partial charge in [-0.05, 0) is 29.3 Å². The highest BCUT2D eigenvalue weighted by Gasteiger charge is 2.06. The molecule has 0 saturated carbocycles. The highest BCUT2D eigenvalue weighted by molar-refractivity contribution is 5.47. The van der Waals surface area contributed by atoms with Gasteiger partial charge in [-0.2, -0.15) is 0 Å². The van der Waals surface area contributed by atoms with Gasteiger partial charge in [0.25, 0.3) is 0 Å². The zero-order valence-corrected chi connectivity index (χ0v) is 10.5. The Morgan fingerprint density at radius 3 is 2.56 bits per heavy atom. The van der Waals surface area contributed by atoms with Crippen LogP contribution in [0, 0.1) is 0 Å². The van der Waals surface area contributed by atoms with Crippen molar-refractivity contribution in [2.24, 2.45) is 0 Å². The van der Waals surface area contributed by atoms with Crippen LogP contribution < -0.4 is 15.2 Å². The summed E-state index contributed by atoms with van der Waals surface area (Å²) in [5.41, 5.74) is 7.94. The van der Waals surface area contributed by atoms with E-state index in [-0.39, 0.29) is 0 Å². The number of pyridine rings is 1. The van der Waals surface area contributed by atoms with Crippen molar-refractivity contribution in [1.82, 2.24) is 4.98 Å². The number of anilines is 1. The fourth-order valence-electron chi connectivity index (χ4n) is 1.81. The van der Waals surface area contributed by atoms with E-state index in [1.54, 1.807) is 20.4 Å². The van der Waals surface area contributed by atoms with E-state index in [2.05, 4.69) is 4.98 Å². The summed E-state index contributed by atoms with van der Waals surface area (Å²) in [6, 6.07) is 9.69. The maximum absolute atomic E-state index is 5.83. The molecule has 18 heavy (non-hydrogen) atoms. The van der Waals surface area contributed by atoms with Gasteiger partial charge in [-0.15, -0.1) is 0 Å². The molecule has 0 aliphatic heterocycles. The number of hydrogen-bond acceptors (Lipinski definition) is 4. The smallest absolute Gasteiger partial charge is 0.160 e. The number of hydrogen-bond donors (Lipinski definition) is 1. The Balaban J connectivity index is 2.27. The molecule has 94 valence electrons. The van der Waals surface area contributed by atoms with E-state index in [9.17, 15) is 0 Å². The Labute approximate surface area is 106 Å². The molecule has 0 spiro atoms. The summed E-state index contributed by atoms with van der Waals surface area (Å²) in [5, 5.41) is 0. The highest BCUT2D eigenvalue weighted by atomic mass is 16.5. The number of nitrogens with zero attached hydrogens (tertiary/aromatic N) is 1. The molecule has 2 aromatic rings. The summed E-state index contributed by atoms with van der Waals surface area (Å²) >= 11 is 0. The molecule has 0 radical (unpaired) electrons. The zero-order chi connectivity index (χ0) is 13.0. The molecule has 1 aromatic carbocycles. The van der Waals surface area contributed by atoms with Gasteiger partial charge < -0.3 is 15.2 Å². The second kappa shape index (κ2) is 5.40. The van der Waals surface area contributed by atoms with E-state index in [1.165, 1.54) is 0 Å². The summed E-state index contributed by atoms with van der Waals surface area (Å²) in [4.78, 5) is 4.07. The molecule has 0 saturated heterocycles. The first-order valence-electron chi connectivity index (χ1n) is 5.65. The molecule has 1 aromatic heterocycles. The van der Waals surface area contributed by atoms with Crippen LogP contribution in [0.2, 0.25) is 0 Å². The lowest BCUT2D eigenvalue weighted by atomic mass is 10.1. The van der Waals surface area contributed by atoms with Crippen molar-refractivity contribution < 1.29 is 9.47 Å². The van der Waals surface area contributed by atoms with Gasteiger partial charge in [-0.25, -0.2) is 4.98 Å². The topological polar surface area (TPSA) is 57.4 Å². The van der Waals surface area contributed by atoms with Crippen molar-refractivity contribution in [3.8, 4) is 11.5 Å². The minimum atomic E-state index is 0.562. The predicted molar refractivity (Wildman–Crippen MR) is 71.0 cm³/mol. The molecule has 4 heteroatoms. The minimum absolute atomic E-state index is 0.562. The third-order valence-electron chi connectivity index (χ3n) is 2.77. The Morgan fingerprint density at radius 2 is 1.89 bits per heavy atom. The number of aromatic nitrogens is 1. The third-order valence-corrected chi connectivity index (χ3v) is 2.77. The normalized spacial score (nSPS) is 10.1. The lowest BCUT2D eigenvalue weighted by molar-refractivity contribution is 0.354. The van der Waals surface area contributed by atoms with Crippen LogP contribution in [0.3, 0.4) is 0 Å². The van der Waals surface area contributed by atoms with Crippen LogP contribution in [0.25, 0.3) is 0 Å². The van der Waals surface area contributed by atoms with Crippen LogP contribution >= 0.6 is 0 Å². The molecular weight excluding hydrogens is 228 g/mol. The highest BCUT2D eigenvalue weighted by Crippen LogP contribution is 2.28. The molecule has 2 N–H and O–H groups in total. The third kappa shape index (κ3) is 2.53. The van der Waals surface area contributed by atoms with Crippen LogP contribution in [-0.4, -0.2) is 19.2 Å². The Bertz CT molecular complexity index is 541. The van der Waals surface area contributed by atoms with Gasteiger partial charge in [0.2, 0.25) is 0 Å². The largest absolute Gasteiger partial charge is 0.493 e. The van der Waals surface area contributed by atoms with Crippen molar-refractivity contribution >= 4 is 5.82 Å². The summed E-state index contributed by atoms with van der Waals surface area (Å²) in [5.74, 6) is 2.00. The number of methoxy groups -OCH3 is 2. The maximum atomic E-state index is 5.83. The molecule has 2 rings (SSSR count). The van der Waals surface area contributed by atoms with Crippen LogP contribution in [0.4, 0.5) is 5.82 Å². The van der Waals surface area contributed by atoms with Gasteiger partial charge >= 0.3 is 0 Å². The number of ether oxygens (including phenoxy) is 2. The summed E-state index contributed by atoms with van der Waals surface area (Å²) in [6.45, 7) is 0. The molecule has 0 fully saturated rings. The maximum Gasteiger partial charge on any atom is 0.160 e. The lowest BCUT2D eigenvalue weighted by Gasteiger charge is -2.10. The molecule has 0 atom stereocenters. The fourth-order valence-corrected chi connectivity index (χ4v) is 1.81. The fraction of sp³-hybridized carbons (Fsp3) is 0.214. The first-order valence-corrected chi connectivity index (χ1v) is 5.65. The van der Waals surface area contributed by atoms with Crippen molar-refractivity contribution in [2.45, 2.75) is 6.42 Å². The Morgan fingerprint density at radius 1 is 1.11 bits per heavy atom. The van der Waals surface area contributed by atoms with Crippen LogP contribution in [0.5, 0.6) is 11.5 Å². The second-order valence-corrected chi connectivity index (χ2v) is 3.91. The van der Waals surface area contributed by atoms with Crippen LogP contribution in [-0.2, 0) is 6.42 Å². The van der Waals surface area contributed by atoms with E-state index >= 15 is 0 Å². The first kappa shape index (κ1) is 12.2. The van der Waals surface area contributed by atoms with Gasteiger partial charge in [0, 0.05) is 12.6 Å². The van der Waals surface area contributed by atoms with Crippen molar-refractivity contribution in [2.75, 3.05) is 20.0 Å². The molecular formula is C14H16N2O2. The number of nitrogens with two attached hydrogens (primary N) is 1. The van der Waals surface area contributed by atoms with E-state index in [0.29, 0.717) is 5.82 Å². The Hall–Kier alpha value is -2.23. The average Bonchev–Trinajstić information content (AvgIpc) is 2.41. The Kier molecular flexibility index (Phi) is 3.67. The van der Waals surface area contributed by atoms with Crippen LogP contribution in [0.1, 0.15) is 11.1 Å². The first-order chi connectivity index (χ1) is 8.74. The molecule has 1 heterocycles. The van der Waals surface area contributed by atoms with Crippen molar-refractivity contribution in [3.05, 3.63) is 47.7 Å². The van der Waals surface area contributed by atoms with E-state index < -0.39 is 0 Å². The van der Waals surface area contributed by atoms with E-state index in [1.807, 2.05) is 30.3 Å².